The molecular weight excluding hydrogens is 220 g/mol. The zero-order valence-corrected chi connectivity index (χ0v) is 12.4. The third-order valence-electron chi connectivity index (χ3n) is 7.35. The van der Waals surface area contributed by atoms with Crippen molar-refractivity contribution in [3.05, 3.63) is 0 Å². The van der Waals surface area contributed by atoms with Crippen LogP contribution in [0.3, 0.4) is 0 Å². The Morgan fingerprint density at radius 3 is 2.50 bits per heavy atom. The molecule has 1 nitrogen and oxygen atoms in total. The number of epoxide rings is 1. The number of hydrogen-bond donors (Lipinski definition) is 0. The van der Waals surface area contributed by atoms with Crippen LogP contribution in [0.1, 0.15) is 53.4 Å². The van der Waals surface area contributed by atoms with E-state index in [2.05, 4.69) is 27.7 Å². The fourth-order valence-electron chi connectivity index (χ4n) is 6.63. The van der Waals surface area contributed by atoms with Crippen LogP contribution in [0.2, 0.25) is 0 Å². The van der Waals surface area contributed by atoms with Gasteiger partial charge >= 0.3 is 0 Å². The van der Waals surface area contributed by atoms with Crippen LogP contribution < -0.4 is 0 Å². The van der Waals surface area contributed by atoms with Crippen molar-refractivity contribution in [2.24, 2.45) is 40.9 Å². The highest BCUT2D eigenvalue weighted by molar-refractivity contribution is 5.15. The van der Waals surface area contributed by atoms with Gasteiger partial charge in [0.05, 0.1) is 12.2 Å². The van der Waals surface area contributed by atoms with Gasteiger partial charge in [0.15, 0.2) is 0 Å². The highest BCUT2D eigenvalue weighted by Gasteiger charge is 2.67. The summed E-state index contributed by atoms with van der Waals surface area (Å²) in [6.07, 6.45) is 7.11. The van der Waals surface area contributed by atoms with E-state index in [1.165, 1.54) is 25.7 Å². The van der Waals surface area contributed by atoms with Crippen molar-refractivity contribution in [3.63, 3.8) is 0 Å². The second-order valence-corrected chi connectivity index (χ2v) is 8.25. The van der Waals surface area contributed by atoms with Crippen LogP contribution in [0.4, 0.5) is 0 Å². The van der Waals surface area contributed by atoms with E-state index >= 15 is 0 Å². The maximum Gasteiger partial charge on any atom is 0.0903 e. The predicted octanol–water partition coefficient (Wildman–Crippen LogP) is 4.12. The van der Waals surface area contributed by atoms with Gasteiger partial charge in [0.1, 0.15) is 0 Å². The first-order chi connectivity index (χ1) is 8.53. The molecule has 3 saturated carbocycles. The molecule has 1 saturated heterocycles. The van der Waals surface area contributed by atoms with Crippen LogP contribution in [0.5, 0.6) is 0 Å². The Morgan fingerprint density at radius 1 is 0.944 bits per heavy atom. The normalized spacial score (nSPS) is 66.0. The van der Waals surface area contributed by atoms with Crippen molar-refractivity contribution in [2.45, 2.75) is 65.6 Å². The predicted molar refractivity (Wildman–Crippen MR) is 73.2 cm³/mol. The van der Waals surface area contributed by atoms with Gasteiger partial charge in [0, 0.05) is 5.41 Å². The Balaban J connectivity index is 1.72. The van der Waals surface area contributed by atoms with Gasteiger partial charge in [-0.3, -0.25) is 0 Å². The molecule has 1 aliphatic heterocycles. The van der Waals surface area contributed by atoms with E-state index in [-0.39, 0.29) is 0 Å². The molecule has 1 heteroatoms. The van der Waals surface area contributed by atoms with E-state index in [0.29, 0.717) is 17.6 Å². The highest BCUT2D eigenvalue weighted by atomic mass is 16.6. The van der Waals surface area contributed by atoms with Gasteiger partial charge in [-0.1, -0.05) is 27.7 Å². The largest absolute Gasteiger partial charge is 0.369 e. The summed E-state index contributed by atoms with van der Waals surface area (Å²) >= 11 is 0. The minimum Gasteiger partial charge on any atom is -0.369 e. The average Bonchev–Trinajstić information content (AvgIpc) is 3.06. The first kappa shape index (κ1) is 11.8. The van der Waals surface area contributed by atoms with Gasteiger partial charge in [0.25, 0.3) is 0 Å². The third-order valence-corrected chi connectivity index (χ3v) is 7.35. The van der Waals surface area contributed by atoms with Crippen molar-refractivity contribution in [2.75, 3.05) is 0 Å². The van der Waals surface area contributed by atoms with Crippen LogP contribution in [0, 0.1) is 40.9 Å². The zero-order valence-electron chi connectivity index (χ0n) is 12.4. The lowest BCUT2D eigenvalue weighted by atomic mass is 9.50. The summed E-state index contributed by atoms with van der Waals surface area (Å²) in [5, 5.41) is 0. The smallest absolute Gasteiger partial charge is 0.0903 e. The van der Waals surface area contributed by atoms with Crippen LogP contribution in [0.15, 0.2) is 0 Å². The molecule has 102 valence electrons. The molecule has 1 heterocycles. The molecule has 0 bridgehead atoms. The van der Waals surface area contributed by atoms with Gasteiger partial charge in [0.2, 0.25) is 0 Å². The highest BCUT2D eigenvalue weighted by Crippen LogP contribution is 2.67. The Morgan fingerprint density at radius 2 is 1.72 bits per heavy atom. The summed E-state index contributed by atoms with van der Waals surface area (Å²) in [4.78, 5) is 0. The number of rotatable bonds is 0. The van der Waals surface area contributed by atoms with Crippen molar-refractivity contribution < 1.29 is 4.74 Å². The van der Waals surface area contributed by atoms with Crippen molar-refractivity contribution in [3.8, 4) is 0 Å². The van der Waals surface area contributed by atoms with Crippen LogP contribution in [-0.4, -0.2) is 12.2 Å². The maximum absolute atomic E-state index is 6.15. The minimum absolute atomic E-state index is 0.518. The molecule has 9 atom stereocenters. The van der Waals surface area contributed by atoms with Crippen molar-refractivity contribution in [1.29, 1.82) is 0 Å². The quantitative estimate of drug-likeness (QED) is 0.588. The molecule has 0 N–H and O–H groups in total. The lowest BCUT2D eigenvalue weighted by Gasteiger charge is -2.53. The Kier molecular flexibility index (Phi) is 2.31. The van der Waals surface area contributed by atoms with E-state index in [1.807, 2.05) is 0 Å². The monoisotopic (exact) mass is 248 g/mol. The van der Waals surface area contributed by atoms with Gasteiger partial charge in [-0.25, -0.2) is 0 Å². The Hall–Kier alpha value is -0.0400. The van der Waals surface area contributed by atoms with Gasteiger partial charge in [-0.2, -0.15) is 0 Å². The fourth-order valence-corrected chi connectivity index (χ4v) is 6.63. The van der Waals surface area contributed by atoms with Crippen LogP contribution >= 0.6 is 0 Å². The molecule has 0 spiro atoms. The fraction of sp³-hybridized carbons (Fsp3) is 1.00. The maximum atomic E-state index is 6.15. The van der Waals surface area contributed by atoms with E-state index in [0.717, 1.165) is 35.5 Å². The van der Waals surface area contributed by atoms with E-state index in [9.17, 15) is 0 Å². The lowest BCUT2D eigenvalue weighted by Crippen LogP contribution is -2.51. The summed E-state index contributed by atoms with van der Waals surface area (Å²) in [6, 6.07) is 0. The number of hydrogen-bond acceptors (Lipinski definition) is 1. The summed E-state index contributed by atoms with van der Waals surface area (Å²) in [5.74, 6) is 5.60. The third kappa shape index (κ3) is 1.27. The van der Waals surface area contributed by atoms with E-state index in [1.54, 1.807) is 0 Å². The van der Waals surface area contributed by atoms with Crippen LogP contribution in [-0.2, 0) is 4.74 Å². The minimum atomic E-state index is 0.518. The molecule has 18 heavy (non-hydrogen) atoms. The summed E-state index contributed by atoms with van der Waals surface area (Å²) < 4.78 is 6.15. The molecule has 0 amide bonds. The Bertz CT molecular complexity index is 365. The van der Waals surface area contributed by atoms with Gasteiger partial charge in [-0.15, -0.1) is 0 Å². The first-order valence-electron chi connectivity index (χ1n) is 8.19. The second kappa shape index (κ2) is 3.53. The molecule has 0 aromatic rings. The molecular formula is C17H28O. The molecule has 5 unspecified atom stereocenters. The van der Waals surface area contributed by atoms with Crippen molar-refractivity contribution >= 4 is 0 Å². The Labute approximate surface area is 112 Å². The SMILES string of the molecule is CC1CC(C)C2C1CCC1C[C@@H](C)[C@H]3O[C@H]3[C@@]12C. The standard InChI is InChI=1S/C17H28O/c1-9-7-10(2)14-13(9)6-5-12-8-11(3)15-16(18-15)17(12,14)4/h9-16H,5-8H2,1-4H3/t9?,10?,11-,12?,13?,14?,15-,16-,17+/m1/s1. The van der Waals surface area contributed by atoms with E-state index < -0.39 is 0 Å². The molecule has 0 aromatic carbocycles. The molecule has 0 radical (unpaired) electrons. The van der Waals surface area contributed by atoms with E-state index in [4.69, 9.17) is 4.74 Å². The average molecular weight is 248 g/mol. The molecule has 4 fully saturated rings. The topological polar surface area (TPSA) is 12.5 Å². The summed E-state index contributed by atoms with van der Waals surface area (Å²) in [5.41, 5.74) is 0.518. The second-order valence-electron chi connectivity index (χ2n) is 8.25. The first-order valence-corrected chi connectivity index (χ1v) is 8.19. The number of ether oxygens (including phenoxy) is 1. The van der Waals surface area contributed by atoms with Gasteiger partial charge in [-0.05, 0) is 61.2 Å². The molecule has 0 aromatic heterocycles. The van der Waals surface area contributed by atoms with Crippen molar-refractivity contribution in [1.82, 2.24) is 0 Å². The molecule has 4 aliphatic rings. The van der Waals surface area contributed by atoms with Crippen LogP contribution in [0.25, 0.3) is 0 Å². The summed E-state index contributed by atoms with van der Waals surface area (Å²) in [6.45, 7) is 10.0. The lowest BCUT2D eigenvalue weighted by molar-refractivity contribution is -0.0493. The molecule has 4 rings (SSSR count). The zero-order chi connectivity index (χ0) is 12.7. The molecule has 3 aliphatic carbocycles. The van der Waals surface area contributed by atoms with Gasteiger partial charge < -0.3 is 4.74 Å². The number of fused-ring (bicyclic) bond motifs is 5. The summed E-state index contributed by atoms with van der Waals surface area (Å²) in [7, 11) is 0.